The van der Waals surface area contributed by atoms with E-state index in [1.54, 1.807) is 19.1 Å². The van der Waals surface area contributed by atoms with Crippen molar-refractivity contribution in [1.29, 1.82) is 0 Å². The Hall–Kier alpha value is -4.01. The molecule has 2 aromatic carbocycles. The third-order valence-electron chi connectivity index (χ3n) is 5.72. The Kier molecular flexibility index (Phi) is 4.37. The van der Waals surface area contributed by atoms with Crippen LogP contribution >= 0.6 is 0 Å². The highest BCUT2D eigenvalue weighted by Gasteiger charge is 2.38. The predicted molar refractivity (Wildman–Crippen MR) is 110 cm³/mol. The summed E-state index contributed by atoms with van der Waals surface area (Å²) in [5.74, 6) is -0.995. The van der Waals surface area contributed by atoms with E-state index in [0.29, 0.717) is 33.9 Å². The molecule has 0 spiro atoms. The van der Waals surface area contributed by atoms with Crippen LogP contribution in [0.4, 0.5) is 0 Å². The second-order valence-corrected chi connectivity index (χ2v) is 7.66. The van der Waals surface area contributed by atoms with Crippen molar-refractivity contribution in [3.05, 3.63) is 50.9 Å². The lowest BCUT2D eigenvalue weighted by Gasteiger charge is -2.28. The molecule has 1 aromatic heterocycles. The first-order valence-electron chi connectivity index (χ1n) is 9.82. The van der Waals surface area contributed by atoms with E-state index in [1.165, 1.54) is 20.1 Å². The summed E-state index contributed by atoms with van der Waals surface area (Å²) in [6.45, 7) is 2.91. The lowest BCUT2D eigenvalue weighted by molar-refractivity contribution is -0.135. The maximum Gasteiger partial charge on any atom is 0.336 e. The van der Waals surface area contributed by atoms with Crippen molar-refractivity contribution in [3.63, 3.8) is 0 Å². The number of fused-ring (bicyclic) bond motifs is 4. The van der Waals surface area contributed by atoms with Crippen LogP contribution in [0.2, 0.25) is 0 Å². The third-order valence-corrected chi connectivity index (χ3v) is 5.72. The fourth-order valence-corrected chi connectivity index (χ4v) is 4.37. The molecule has 1 atom stereocenters. The van der Waals surface area contributed by atoms with Gasteiger partial charge in [0.15, 0.2) is 23.0 Å². The van der Waals surface area contributed by atoms with Gasteiger partial charge in [0.1, 0.15) is 16.9 Å². The number of aryl methyl sites for hydroxylation is 1. The zero-order chi connectivity index (χ0) is 22.7. The molecule has 0 saturated carbocycles. The number of carbonyl (C=O) groups excluding carboxylic acids is 2. The van der Waals surface area contributed by atoms with Gasteiger partial charge in [-0.2, -0.15) is 0 Å². The van der Waals surface area contributed by atoms with Gasteiger partial charge in [-0.05, 0) is 37.1 Å². The van der Waals surface area contributed by atoms with Crippen LogP contribution in [0.5, 0.6) is 28.7 Å². The summed E-state index contributed by atoms with van der Waals surface area (Å²) in [5.41, 5.74) is 0.639. The van der Waals surface area contributed by atoms with Crippen molar-refractivity contribution >= 4 is 22.7 Å². The number of hydrogen-bond acceptors (Lipinski definition) is 9. The molecule has 3 aromatic rings. The van der Waals surface area contributed by atoms with Crippen molar-refractivity contribution < 1.29 is 38.1 Å². The van der Waals surface area contributed by atoms with Gasteiger partial charge in [0, 0.05) is 17.5 Å². The van der Waals surface area contributed by atoms with E-state index in [4.69, 9.17) is 23.4 Å². The predicted octanol–water partition coefficient (Wildman–Crippen LogP) is 3.19. The van der Waals surface area contributed by atoms with Gasteiger partial charge in [0.2, 0.25) is 12.5 Å². The van der Waals surface area contributed by atoms with Crippen LogP contribution in [0, 0.1) is 6.92 Å². The Balaban J connectivity index is 1.89. The maximum atomic E-state index is 12.6. The van der Waals surface area contributed by atoms with Gasteiger partial charge in [-0.15, -0.1) is 0 Å². The summed E-state index contributed by atoms with van der Waals surface area (Å²) < 4.78 is 27.3. The zero-order valence-corrected chi connectivity index (χ0v) is 17.4. The molecule has 0 bridgehead atoms. The quantitative estimate of drug-likeness (QED) is 0.284. The number of phenolic OH excluding ortho intramolecular Hbond substituents is 1. The first kappa shape index (κ1) is 19.9. The fraction of sp³-hybridized carbons (Fsp3) is 0.261. The molecule has 164 valence electrons. The molecular formula is C23H18O9. The molecule has 9 heteroatoms. The summed E-state index contributed by atoms with van der Waals surface area (Å²) in [6.07, 6.45) is -0.0926. The second-order valence-electron chi connectivity index (χ2n) is 7.66. The van der Waals surface area contributed by atoms with Gasteiger partial charge in [-0.3, -0.25) is 9.59 Å². The Morgan fingerprint density at radius 3 is 2.66 bits per heavy atom. The normalized spacial score (nSPS) is 16.6. The fourth-order valence-electron chi connectivity index (χ4n) is 4.37. The number of benzene rings is 2. The molecule has 0 aliphatic carbocycles. The number of esters is 1. The van der Waals surface area contributed by atoms with E-state index in [9.17, 15) is 19.5 Å². The SMILES string of the molecule is COc1cc([C@H]2CC(=O)Oc3c(C(C)=O)c(O)c4c(C)cc(=O)oc4c32)cc2c1OCO2. The van der Waals surface area contributed by atoms with Gasteiger partial charge >= 0.3 is 11.6 Å². The first-order valence-corrected chi connectivity index (χ1v) is 9.82. The topological polar surface area (TPSA) is 122 Å². The molecule has 32 heavy (non-hydrogen) atoms. The maximum absolute atomic E-state index is 12.6. The van der Waals surface area contributed by atoms with Gasteiger partial charge in [-0.1, -0.05) is 0 Å². The zero-order valence-electron chi connectivity index (χ0n) is 17.4. The van der Waals surface area contributed by atoms with Crippen LogP contribution in [0.3, 0.4) is 0 Å². The Labute approximate surface area is 181 Å². The molecular weight excluding hydrogens is 420 g/mol. The molecule has 0 radical (unpaired) electrons. The molecule has 2 aliphatic rings. The molecule has 1 N–H and O–H groups in total. The van der Waals surface area contributed by atoms with Crippen LogP contribution in [0.1, 0.15) is 46.3 Å². The Bertz CT molecular complexity index is 1380. The lowest BCUT2D eigenvalue weighted by atomic mass is 9.82. The number of ether oxygens (including phenoxy) is 4. The molecule has 9 nitrogen and oxygen atoms in total. The number of methoxy groups -OCH3 is 1. The highest BCUT2D eigenvalue weighted by Crippen LogP contribution is 2.52. The molecule has 0 saturated heterocycles. The summed E-state index contributed by atoms with van der Waals surface area (Å²) in [7, 11) is 1.48. The number of carbonyl (C=O) groups is 2. The van der Waals surface area contributed by atoms with E-state index in [1.807, 2.05) is 0 Å². The van der Waals surface area contributed by atoms with Gasteiger partial charge in [-0.25, -0.2) is 4.79 Å². The van der Waals surface area contributed by atoms with Gasteiger partial charge in [0.05, 0.1) is 18.9 Å². The standard InChI is InChI=1S/C23H18O9/c1-9-4-15(25)31-22-17(9)20(27)18(10(2)24)23-19(22)12(7-16(26)32-23)11-5-13(28-3)21-14(6-11)29-8-30-21/h4-6,12,27H,7-8H2,1-3H3/t12-/m1/s1. The minimum atomic E-state index is -0.666. The van der Waals surface area contributed by atoms with E-state index in [0.717, 1.165) is 0 Å². The number of hydrogen-bond donors (Lipinski definition) is 1. The number of Topliss-reactive ketones (excluding diaryl/α,β-unsaturated/α-hetero) is 1. The van der Waals surface area contributed by atoms with E-state index >= 15 is 0 Å². The van der Waals surface area contributed by atoms with E-state index < -0.39 is 29.0 Å². The van der Waals surface area contributed by atoms with Crippen molar-refractivity contribution in [2.75, 3.05) is 13.9 Å². The van der Waals surface area contributed by atoms with Crippen molar-refractivity contribution in [2.45, 2.75) is 26.2 Å². The van der Waals surface area contributed by atoms with Crippen LogP contribution < -0.4 is 24.6 Å². The summed E-state index contributed by atoms with van der Waals surface area (Å²) >= 11 is 0. The van der Waals surface area contributed by atoms with Crippen LogP contribution in [-0.2, 0) is 4.79 Å². The lowest BCUT2D eigenvalue weighted by Crippen LogP contribution is -2.23. The Morgan fingerprint density at radius 2 is 1.94 bits per heavy atom. The Morgan fingerprint density at radius 1 is 1.16 bits per heavy atom. The van der Waals surface area contributed by atoms with Crippen LogP contribution in [0.25, 0.3) is 11.0 Å². The molecule has 3 heterocycles. The highest BCUT2D eigenvalue weighted by atomic mass is 16.7. The summed E-state index contributed by atoms with van der Waals surface area (Å²) in [5, 5.41) is 11.1. The highest BCUT2D eigenvalue weighted by molar-refractivity contribution is 6.09. The molecule has 5 rings (SSSR count). The third kappa shape index (κ3) is 2.81. The second kappa shape index (κ2) is 7.01. The molecule has 2 aliphatic heterocycles. The van der Waals surface area contributed by atoms with Crippen molar-refractivity contribution in [2.24, 2.45) is 0 Å². The first-order chi connectivity index (χ1) is 15.3. The minimum absolute atomic E-state index is 0.0256. The number of aromatic hydroxyl groups is 1. The monoisotopic (exact) mass is 438 g/mol. The summed E-state index contributed by atoms with van der Waals surface area (Å²) in [6, 6.07) is 4.63. The van der Waals surface area contributed by atoms with Crippen LogP contribution in [0.15, 0.2) is 27.4 Å². The van der Waals surface area contributed by atoms with Gasteiger partial charge < -0.3 is 28.5 Å². The average Bonchev–Trinajstić information content (AvgIpc) is 3.20. The smallest absolute Gasteiger partial charge is 0.336 e. The molecule has 0 amide bonds. The number of phenols is 1. The summed E-state index contributed by atoms with van der Waals surface area (Å²) in [4.78, 5) is 37.2. The van der Waals surface area contributed by atoms with E-state index in [-0.39, 0.29) is 35.5 Å². The molecule has 0 fully saturated rings. The number of ketones is 1. The van der Waals surface area contributed by atoms with Crippen molar-refractivity contribution in [1.82, 2.24) is 0 Å². The van der Waals surface area contributed by atoms with Crippen LogP contribution in [-0.4, -0.2) is 30.8 Å². The number of rotatable bonds is 3. The van der Waals surface area contributed by atoms with Gasteiger partial charge in [0.25, 0.3) is 0 Å². The largest absolute Gasteiger partial charge is 0.506 e. The van der Waals surface area contributed by atoms with E-state index in [2.05, 4.69) is 0 Å². The molecule has 0 unspecified atom stereocenters. The average molecular weight is 438 g/mol. The van der Waals surface area contributed by atoms with Crippen molar-refractivity contribution in [3.8, 4) is 28.7 Å². The minimum Gasteiger partial charge on any atom is -0.506 e.